The fraction of sp³-hybridized carbons (Fsp3) is 0.412. The monoisotopic (exact) mass is 638 g/mol. The van der Waals surface area contributed by atoms with Crippen LogP contribution < -0.4 is 25.4 Å². The van der Waals surface area contributed by atoms with E-state index >= 15 is 0 Å². The Morgan fingerprint density at radius 1 is 1.09 bits per heavy atom. The number of carbonyl (C=O) groups excluding carboxylic acids is 2. The molecule has 0 bridgehead atoms. The topological polar surface area (TPSA) is 131 Å². The van der Waals surface area contributed by atoms with Gasteiger partial charge in [0.05, 0.1) is 18.6 Å². The molecular weight excluding hydrogens is 595 g/mol. The molecule has 3 aromatic rings. The van der Waals surface area contributed by atoms with E-state index in [2.05, 4.69) is 17.6 Å². The van der Waals surface area contributed by atoms with Gasteiger partial charge in [0, 0.05) is 41.9 Å². The van der Waals surface area contributed by atoms with Gasteiger partial charge < -0.3 is 21.1 Å². The molecule has 0 saturated heterocycles. The molecule has 242 valence electrons. The Hall–Kier alpha value is -3.96. The molecule has 45 heavy (non-hydrogen) atoms. The molecule has 0 radical (unpaired) electrons. The van der Waals surface area contributed by atoms with Crippen molar-refractivity contribution in [3.63, 3.8) is 0 Å². The number of hydrogen-bond acceptors (Lipinski definition) is 6. The number of amides is 2. The summed E-state index contributed by atoms with van der Waals surface area (Å²) in [4.78, 5) is 26.7. The van der Waals surface area contributed by atoms with Crippen LogP contribution in [0.2, 0.25) is 0 Å². The van der Waals surface area contributed by atoms with E-state index in [9.17, 15) is 22.4 Å². The third kappa shape index (κ3) is 9.76. The second kappa shape index (κ2) is 14.9. The summed E-state index contributed by atoms with van der Waals surface area (Å²) in [5, 5.41) is 5.84. The number of sulfonamides is 1. The largest absolute Gasteiger partial charge is 0.493 e. The Labute approximate surface area is 265 Å². The smallest absolute Gasteiger partial charge is 0.251 e. The van der Waals surface area contributed by atoms with E-state index in [1.807, 2.05) is 30.3 Å². The zero-order chi connectivity index (χ0) is 32.7. The fourth-order valence-corrected chi connectivity index (χ4v) is 6.25. The molecule has 1 aliphatic rings. The molecule has 4 N–H and O–H groups in total. The minimum Gasteiger partial charge on any atom is -0.493 e. The quantitative estimate of drug-likeness (QED) is 0.215. The lowest BCUT2D eigenvalue weighted by atomic mass is 9.92. The van der Waals surface area contributed by atoms with Crippen molar-refractivity contribution in [1.29, 1.82) is 0 Å². The lowest BCUT2D eigenvalue weighted by molar-refractivity contribution is -0.119. The van der Waals surface area contributed by atoms with Crippen molar-refractivity contribution in [2.45, 2.75) is 52.1 Å². The van der Waals surface area contributed by atoms with Crippen molar-refractivity contribution in [2.75, 3.05) is 29.0 Å². The van der Waals surface area contributed by atoms with Gasteiger partial charge in [0.1, 0.15) is 11.6 Å². The van der Waals surface area contributed by atoms with Crippen LogP contribution in [0.3, 0.4) is 0 Å². The highest BCUT2D eigenvalue weighted by Crippen LogP contribution is 2.38. The number of benzene rings is 3. The number of anilines is 2. The maximum absolute atomic E-state index is 13.8. The first-order valence-electron chi connectivity index (χ1n) is 15.3. The van der Waals surface area contributed by atoms with E-state index in [1.54, 1.807) is 26.0 Å². The normalized spacial score (nSPS) is 17.9. The van der Waals surface area contributed by atoms with Crippen LogP contribution in [0.5, 0.6) is 5.75 Å². The molecule has 0 aliphatic heterocycles. The van der Waals surface area contributed by atoms with E-state index in [-0.39, 0.29) is 24.4 Å². The highest BCUT2D eigenvalue weighted by Gasteiger charge is 2.33. The van der Waals surface area contributed by atoms with Crippen LogP contribution in [0.4, 0.5) is 15.8 Å². The van der Waals surface area contributed by atoms with Crippen LogP contribution in [-0.4, -0.2) is 51.7 Å². The number of hydrogen-bond donors (Lipinski definition) is 3. The van der Waals surface area contributed by atoms with E-state index < -0.39 is 39.7 Å². The van der Waals surface area contributed by atoms with E-state index in [1.165, 1.54) is 34.6 Å². The summed E-state index contributed by atoms with van der Waals surface area (Å²) >= 11 is 0. The highest BCUT2D eigenvalue weighted by molar-refractivity contribution is 7.92. The molecule has 4 rings (SSSR count). The second-order valence-corrected chi connectivity index (χ2v) is 13.9. The molecule has 0 heterocycles. The van der Waals surface area contributed by atoms with E-state index in [4.69, 9.17) is 10.5 Å². The van der Waals surface area contributed by atoms with Gasteiger partial charge in [-0.2, -0.15) is 0 Å². The Bertz CT molecular complexity index is 1570. The summed E-state index contributed by atoms with van der Waals surface area (Å²) in [7, 11) is -3.61. The van der Waals surface area contributed by atoms with Crippen LogP contribution in [0.1, 0.15) is 49.5 Å². The van der Waals surface area contributed by atoms with Crippen molar-refractivity contribution < 1.29 is 27.1 Å². The third-order valence-corrected chi connectivity index (χ3v) is 9.46. The van der Waals surface area contributed by atoms with E-state index in [0.29, 0.717) is 42.0 Å². The minimum absolute atomic E-state index is 0.183. The van der Waals surface area contributed by atoms with Crippen LogP contribution in [0.25, 0.3) is 0 Å². The highest BCUT2D eigenvalue weighted by atomic mass is 32.2. The number of halogens is 1. The first-order chi connectivity index (χ1) is 21.3. The van der Waals surface area contributed by atoms with Gasteiger partial charge >= 0.3 is 0 Å². The fourth-order valence-electron chi connectivity index (χ4n) is 5.29. The zero-order valence-electron chi connectivity index (χ0n) is 26.2. The van der Waals surface area contributed by atoms with Gasteiger partial charge in [-0.15, -0.1) is 0 Å². The summed E-state index contributed by atoms with van der Waals surface area (Å²) in [5.41, 5.74) is 8.67. The lowest BCUT2D eigenvalue weighted by Crippen LogP contribution is -2.50. The number of ether oxygens (including phenoxy) is 1. The lowest BCUT2D eigenvalue weighted by Gasteiger charge is -2.28. The molecular formula is C34H43FN4O5S. The molecule has 9 nitrogen and oxygen atoms in total. The Balaban J connectivity index is 1.55. The van der Waals surface area contributed by atoms with Crippen molar-refractivity contribution in [1.82, 2.24) is 5.32 Å². The van der Waals surface area contributed by atoms with Crippen molar-refractivity contribution >= 4 is 33.2 Å². The average Bonchev–Trinajstić information content (AvgIpc) is 3.71. The first-order valence-corrected chi connectivity index (χ1v) is 17.1. The molecule has 11 heteroatoms. The summed E-state index contributed by atoms with van der Waals surface area (Å²) in [6, 6.07) is 18.7. The first kappa shape index (κ1) is 33.9. The number of rotatable bonds is 15. The molecule has 1 fully saturated rings. The summed E-state index contributed by atoms with van der Waals surface area (Å²) < 4.78 is 45.7. The average molecular weight is 639 g/mol. The molecule has 5 atom stereocenters. The number of nitrogens with one attached hydrogen (secondary N) is 2. The van der Waals surface area contributed by atoms with Crippen LogP contribution in [-0.2, 0) is 21.2 Å². The van der Waals surface area contributed by atoms with Crippen LogP contribution in [0, 0.1) is 23.6 Å². The summed E-state index contributed by atoms with van der Waals surface area (Å²) in [5.74, 6) is -0.219. The summed E-state index contributed by atoms with van der Waals surface area (Å²) in [6.45, 7) is 6.29. The van der Waals surface area contributed by atoms with Gasteiger partial charge in [0.15, 0.2) is 0 Å². The van der Waals surface area contributed by atoms with Crippen LogP contribution >= 0.6 is 0 Å². The van der Waals surface area contributed by atoms with Gasteiger partial charge in [0.25, 0.3) is 5.91 Å². The molecule has 2 unspecified atom stereocenters. The van der Waals surface area contributed by atoms with Gasteiger partial charge in [-0.3, -0.25) is 13.9 Å². The molecule has 0 aromatic heterocycles. The molecule has 1 saturated carbocycles. The Morgan fingerprint density at radius 2 is 1.76 bits per heavy atom. The van der Waals surface area contributed by atoms with Crippen molar-refractivity contribution in [3.05, 3.63) is 89.7 Å². The number of carbonyl (C=O) groups is 2. The SMILES string of the molecule is CCN(c1cc(OCC2CC2C)cc(C(=O)N[C@@H](Cc2ccccc2)[C@@H](N)C[C@@H](C)C(=O)Nc2ccc(F)cc2)c1)S(C)(=O)=O. The molecule has 3 aromatic carbocycles. The molecule has 1 aliphatic carbocycles. The Morgan fingerprint density at radius 3 is 2.36 bits per heavy atom. The maximum Gasteiger partial charge on any atom is 0.251 e. The standard InChI is InChI=1S/C34H43FN4O5S/c1-5-39(45(4,42)43)29-18-25(19-30(20-29)44-21-26-15-22(26)2)34(41)38-32(17-24-9-7-6-8-10-24)31(36)16-23(3)33(40)37-28-13-11-27(35)12-14-28/h6-14,18-20,22-23,26,31-32H,5,15-17,21,36H2,1-4H3,(H,37,40)(H,38,41)/t22?,23-,26?,31+,32+/m1/s1. The van der Waals surface area contributed by atoms with E-state index in [0.717, 1.165) is 18.2 Å². The predicted octanol–water partition coefficient (Wildman–Crippen LogP) is 4.98. The van der Waals surface area contributed by atoms with Crippen LogP contribution in [0.15, 0.2) is 72.8 Å². The molecule has 2 amide bonds. The Kier molecular flexibility index (Phi) is 11.2. The second-order valence-electron chi connectivity index (χ2n) is 12.0. The van der Waals surface area contributed by atoms with Gasteiger partial charge in [0.2, 0.25) is 15.9 Å². The summed E-state index contributed by atoms with van der Waals surface area (Å²) in [6.07, 6.45) is 2.86. The number of nitrogens with two attached hydrogens (primary N) is 1. The number of nitrogens with zero attached hydrogens (tertiary/aromatic N) is 1. The minimum atomic E-state index is -3.61. The maximum atomic E-state index is 13.8. The molecule has 0 spiro atoms. The predicted molar refractivity (Wildman–Crippen MR) is 175 cm³/mol. The van der Waals surface area contributed by atoms with Gasteiger partial charge in [-0.25, -0.2) is 12.8 Å². The third-order valence-electron chi connectivity index (χ3n) is 8.19. The van der Waals surface area contributed by atoms with Crippen molar-refractivity contribution in [2.24, 2.45) is 23.5 Å². The van der Waals surface area contributed by atoms with Gasteiger partial charge in [-0.05, 0) is 80.0 Å². The van der Waals surface area contributed by atoms with Gasteiger partial charge in [-0.1, -0.05) is 44.2 Å². The van der Waals surface area contributed by atoms with Crippen molar-refractivity contribution in [3.8, 4) is 5.75 Å². The zero-order valence-corrected chi connectivity index (χ0v) is 27.0.